The zero-order valence-electron chi connectivity index (χ0n) is 15.5. The van der Waals surface area contributed by atoms with Gasteiger partial charge in [0.15, 0.2) is 5.03 Å². The maximum absolute atomic E-state index is 13.3. The fraction of sp³-hybridized carbons (Fsp3) is 0.0500. The standard InChI is InChI=1S/C20H12F3N5O2S/c21-20(22,23)15-6-4-13(5-7-15)14-9-17-16(24-10-14)11-26-28(17)31(29,30)19-12-25-18-3-1-2-8-27(18)19/h1-12H. The lowest BCUT2D eigenvalue weighted by Gasteiger charge is -2.09. The second-order valence-corrected chi connectivity index (χ2v) is 8.44. The maximum Gasteiger partial charge on any atom is 0.416 e. The van der Waals surface area contributed by atoms with Gasteiger partial charge in [-0.15, -0.1) is 0 Å². The quantitative estimate of drug-likeness (QED) is 0.421. The van der Waals surface area contributed by atoms with Gasteiger partial charge in [0.05, 0.1) is 18.0 Å². The molecule has 0 amide bonds. The summed E-state index contributed by atoms with van der Waals surface area (Å²) >= 11 is 0. The molecule has 5 aromatic rings. The first-order valence-electron chi connectivity index (χ1n) is 8.94. The Bertz CT molecular complexity index is 1540. The Kier molecular flexibility index (Phi) is 4.12. The van der Waals surface area contributed by atoms with Crippen LogP contribution >= 0.6 is 0 Å². The van der Waals surface area contributed by atoms with Crippen molar-refractivity contribution < 1.29 is 21.6 Å². The van der Waals surface area contributed by atoms with E-state index in [0.29, 0.717) is 22.3 Å². The zero-order chi connectivity index (χ0) is 21.8. The summed E-state index contributed by atoms with van der Waals surface area (Å²) in [6.45, 7) is 0. The van der Waals surface area contributed by atoms with Gasteiger partial charge in [-0.1, -0.05) is 18.2 Å². The van der Waals surface area contributed by atoms with Crippen molar-refractivity contribution in [2.45, 2.75) is 11.2 Å². The minimum absolute atomic E-state index is 0.0759. The summed E-state index contributed by atoms with van der Waals surface area (Å²) in [6.07, 6.45) is 1.14. The van der Waals surface area contributed by atoms with E-state index in [1.807, 2.05) is 0 Å². The van der Waals surface area contributed by atoms with E-state index in [0.717, 1.165) is 16.2 Å². The van der Waals surface area contributed by atoms with Crippen molar-refractivity contribution in [2.24, 2.45) is 0 Å². The zero-order valence-corrected chi connectivity index (χ0v) is 16.3. The molecule has 0 unspecified atom stereocenters. The van der Waals surface area contributed by atoms with Gasteiger partial charge in [-0.05, 0) is 35.9 Å². The van der Waals surface area contributed by atoms with Crippen molar-refractivity contribution in [3.63, 3.8) is 0 Å². The van der Waals surface area contributed by atoms with Gasteiger partial charge in [-0.25, -0.2) is 4.98 Å². The molecule has 0 aliphatic rings. The smallest absolute Gasteiger partial charge is 0.289 e. The summed E-state index contributed by atoms with van der Waals surface area (Å²) in [5, 5.41) is 3.91. The lowest BCUT2D eigenvalue weighted by atomic mass is 10.1. The highest BCUT2D eigenvalue weighted by molar-refractivity contribution is 7.90. The highest BCUT2D eigenvalue weighted by Gasteiger charge is 2.30. The average Bonchev–Trinajstić information content (AvgIpc) is 3.38. The van der Waals surface area contributed by atoms with Gasteiger partial charge in [-0.3, -0.25) is 9.38 Å². The highest BCUT2D eigenvalue weighted by atomic mass is 32.2. The van der Waals surface area contributed by atoms with Crippen LogP contribution in [0.3, 0.4) is 0 Å². The molecule has 0 saturated heterocycles. The molecule has 156 valence electrons. The lowest BCUT2D eigenvalue weighted by molar-refractivity contribution is -0.137. The fourth-order valence-corrected chi connectivity index (χ4v) is 4.62. The fourth-order valence-electron chi connectivity index (χ4n) is 3.28. The number of pyridine rings is 2. The summed E-state index contributed by atoms with van der Waals surface area (Å²) in [5.74, 6) is 0. The summed E-state index contributed by atoms with van der Waals surface area (Å²) in [7, 11) is -4.11. The summed E-state index contributed by atoms with van der Waals surface area (Å²) in [6, 6.07) is 11.2. The van der Waals surface area contributed by atoms with E-state index in [1.165, 1.54) is 41.2 Å². The molecule has 0 spiro atoms. The van der Waals surface area contributed by atoms with Crippen molar-refractivity contribution in [1.29, 1.82) is 0 Å². The third-order valence-corrected chi connectivity index (χ3v) is 6.39. The number of imidazole rings is 1. The van der Waals surface area contributed by atoms with Gasteiger partial charge in [-0.2, -0.15) is 30.8 Å². The number of alkyl halides is 3. The first kappa shape index (κ1) is 19.2. The number of aromatic nitrogens is 5. The Morgan fingerprint density at radius 2 is 1.65 bits per heavy atom. The van der Waals surface area contributed by atoms with Crippen molar-refractivity contribution in [2.75, 3.05) is 0 Å². The van der Waals surface area contributed by atoms with E-state index in [4.69, 9.17) is 0 Å². The molecule has 5 rings (SSSR count). The molecule has 0 atom stereocenters. The molecule has 0 fully saturated rings. The predicted molar refractivity (Wildman–Crippen MR) is 106 cm³/mol. The van der Waals surface area contributed by atoms with E-state index >= 15 is 0 Å². The van der Waals surface area contributed by atoms with Crippen LogP contribution in [-0.2, 0) is 16.2 Å². The second kappa shape index (κ2) is 6.64. The molecule has 0 saturated carbocycles. The maximum atomic E-state index is 13.3. The Labute approximate surface area is 173 Å². The van der Waals surface area contributed by atoms with E-state index in [1.54, 1.807) is 24.4 Å². The molecule has 0 radical (unpaired) electrons. The van der Waals surface area contributed by atoms with Crippen LogP contribution in [-0.4, -0.2) is 32.0 Å². The number of hydrogen-bond donors (Lipinski definition) is 0. The van der Waals surface area contributed by atoms with Gasteiger partial charge < -0.3 is 0 Å². The molecule has 0 bridgehead atoms. The molecule has 4 heterocycles. The van der Waals surface area contributed by atoms with E-state index < -0.39 is 21.8 Å². The molecule has 0 aliphatic carbocycles. The number of halogens is 3. The second-order valence-electron chi connectivity index (χ2n) is 6.72. The van der Waals surface area contributed by atoms with Crippen molar-refractivity contribution in [1.82, 2.24) is 23.6 Å². The van der Waals surface area contributed by atoms with Crippen LogP contribution in [0.25, 0.3) is 27.8 Å². The Hall–Kier alpha value is -3.73. The number of benzene rings is 1. The van der Waals surface area contributed by atoms with Gasteiger partial charge in [0, 0.05) is 18.0 Å². The minimum Gasteiger partial charge on any atom is -0.289 e. The minimum atomic E-state index is -4.44. The van der Waals surface area contributed by atoms with Crippen LogP contribution in [0, 0.1) is 0 Å². The third kappa shape index (κ3) is 3.13. The summed E-state index contributed by atoms with van der Waals surface area (Å²) in [4.78, 5) is 8.32. The summed E-state index contributed by atoms with van der Waals surface area (Å²) < 4.78 is 67.3. The van der Waals surface area contributed by atoms with Crippen LogP contribution in [0.2, 0.25) is 0 Å². The third-order valence-electron chi connectivity index (χ3n) is 4.81. The normalized spacial score (nSPS) is 12.6. The van der Waals surface area contributed by atoms with E-state index in [2.05, 4.69) is 15.1 Å². The largest absolute Gasteiger partial charge is 0.416 e. The van der Waals surface area contributed by atoms with Crippen molar-refractivity contribution in [3.05, 3.63) is 78.9 Å². The number of fused-ring (bicyclic) bond motifs is 2. The number of hydrogen-bond acceptors (Lipinski definition) is 5. The van der Waals surface area contributed by atoms with Crippen molar-refractivity contribution in [3.8, 4) is 11.1 Å². The van der Waals surface area contributed by atoms with Crippen LogP contribution in [0.15, 0.2) is 78.3 Å². The predicted octanol–water partition coefficient (Wildman–Crippen LogP) is 4.00. The molecule has 7 nitrogen and oxygen atoms in total. The van der Waals surface area contributed by atoms with Gasteiger partial charge >= 0.3 is 16.2 Å². The van der Waals surface area contributed by atoms with Crippen LogP contribution < -0.4 is 0 Å². The molecular weight excluding hydrogens is 431 g/mol. The molecule has 1 aromatic carbocycles. The van der Waals surface area contributed by atoms with Crippen LogP contribution in [0.5, 0.6) is 0 Å². The number of rotatable bonds is 3. The lowest BCUT2D eigenvalue weighted by Crippen LogP contribution is -2.16. The van der Waals surface area contributed by atoms with Crippen LogP contribution in [0.4, 0.5) is 13.2 Å². The molecule has 0 N–H and O–H groups in total. The Balaban J connectivity index is 1.63. The summed E-state index contributed by atoms with van der Waals surface area (Å²) in [5.41, 5.74) is 1.13. The van der Waals surface area contributed by atoms with Crippen molar-refractivity contribution >= 4 is 26.7 Å². The molecular formula is C20H12F3N5O2S. The van der Waals surface area contributed by atoms with Gasteiger partial charge in [0.2, 0.25) is 0 Å². The van der Waals surface area contributed by atoms with E-state index in [-0.39, 0.29) is 10.5 Å². The van der Waals surface area contributed by atoms with Gasteiger partial charge in [0.1, 0.15) is 16.7 Å². The molecule has 11 heteroatoms. The monoisotopic (exact) mass is 443 g/mol. The Morgan fingerprint density at radius 3 is 2.39 bits per heavy atom. The molecule has 0 aliphatic heterocycles. The first-order valence-corrected chi connectivity index (χ1v) is 10.4. The number of nitrogens with zero attached hydrogens (tertiary/aromatic N) is 5. The SMILES string of the molecule is O=S(=O)(c1cnc2ccccn12)n1ncc2ncc(-c3ccc(C(F)(F)F)cc3)cc21. The molecule has 4 aromatic heterocycles. The first-order chi connectivity index (χ1) is 14.7. The Morgan fingerprint density at radius 1 is 0.871 bits per heavy atom. The van der Waals surface area contributed by atoms with E-state index in [9.17, 15) is 21.6 Å². The average molecular weight is 443 g/mol. The topological polar surface area (TPSA) is 82.1 Å². The molecule has 31 heavy (non-hydrogen) atoms. The highest BCUT2D eigenvalue weighted by Crippen LogP contribution is 2.31. The van der Waals surface area contributed by atoms with Gasteiger partial charge in [0.25, 0.3) is 0 Å². The van der Waals surface area contributed by atoms with Crippen LogP contribution in [0.1, 0.15) is 5.56 Å².